The minimum Gasteiger partial charge on any atom is -0.493 e. The summed E-state index contributed by atoms with van der Waals surface area (Å²) in [6.45, 7) is 5.59. The second-order valence-electron chi connectivity index (χ2n) is 9.85. The van der Waals surface area contributed by atoms with E-state index in [1.54, 1.807) is 12.1 Å². The number of ether oxygens (including phenoxy) is 5. The van der Waals surface area contributed by atoms with Crippen LogP contribution in [0.1, 0.15) is 38.5 Å². The lowest BCUT2D eigenvalue weighted by atomic mass is 10.1. The third-order valence-electron chi connectivity index (χ3n) is 7.21. The third-order valence-corrected chi connectivity index (χ3v) is 7.52. The quantitative estimate of drug-likeness (QED) is 0.350. The SMILES string of the molecule is Clc1ccc2c(c1Nc1ncnc3cc(OCCCN4CCCCC4)cc(OC4CCOCC4)c13)OCO2. The summed E-state index contributed by atoms with van der Waals surface area (Å²) in [4.78, 5) is 11.6. The number of likely N-dealkylation sites (tertiary alicyclic amines) is 1. The van der Waals surface area contributed by atoms with E-state index in [0.717, 1.165) is 42.5 Å². The standard InChI is InChI=1S/C28H33ClN4O5/c29-21-5-6-23-27(37-18-36-23)26(21)32-28-25-22(30-17-31-28)15-20(16-24(25)38-19-7-13-34-14-8-19)35-12-4-11-33-9-2-1-3-10-33/h5-6,15-17,19H,1-4,7-14,18H2,(H,30,31,32). The molecule has 0 aliphatic carbocycles. The third kappa shape index (κ3) is 5.70. The van der Waals surface area contributed by atoms with Crippen molar-refractivity contribution in [3.63, 3.8) is 0 Å². The number of nitrogens with zero attached hydrogens (tertiary/aromatic N) is 3. The molecule has 3 aromatic rings. The number of benzene rings is 2. The molecule has 0 radical (unpaired) electrons. The minimum absolute atomic E-state index is 0.0376. The summed E-state index contributed by atoms with van der Waals surface area (Å²) in [7, 11) is 0. The van der Waals surface area contributed by atoms with E-state index in [2.05, 4.69) is 20.2 Å². The Kier molecular flexibility index (Phi) is 7.85. The molecule has 0 bridgehead atoms. The van der Waals surface area contributed by atoms with Crippen molar-refractivity contribution in [2.75, 3.05) is 51.6 Å². The molecule has 38 heavy (non-hydrogen) atoms. The smallest absolute Gasteiger partial charge is 0.231 e. The largest absolute Gasteiger partial charge is 0.493 e. The molecule has 3 aliphatic rings. The van der Waals surface area contributed by atoms with Gasteiger partial charge in [0.2, 0.25) is 6.79 Å². The van der Waals surface area contributed by atoms with Crippen molar-refractivity contribution >= 4 is 34.0 Å². The summed E-state index contributed by atoms with van der Waals surface area (Å²) in [6, 6.07) is 7.46. The van der Waals surface area contributed by atoms with Gasteiger partial charge in [-0.2, -0.15) is 0 Å². The molecule has 3 aliphatic heterocycles. The van der Waals surface area contributed by atoms with Crippen LogP contribution in [0.2, 0.25) is 5.02 Å². The zero-order valence-corrected chi connectivity index (χ0v) is 22.2. The Balaban J connectivity index is 1.27. The maximum Gasteiger partial charge on any atom is 0.231 e. The van der Waals surface area contributed by atoms with Gasteiger partial charge in [0.05, 0.1) is 35.7 Å². The van der Waals surface area contributed by atoms with Crippen LogP contribution in [0.25, 0.3) is 10.9 Å². The molecule has 4 heterocycles. The van der Waals surface area contributed by atoms with E-state index >= 15 is 0 Å². The fourth-order valence-electron chi connectivity index (χ4n) is 5.22. The van der Waals surface area contributed by atoms with Gasteiger partial charge in [-0.05, 0) is 44.5 Å². The summed E-state index contributed by atoms with van der Waals surface area (Å²) in [5, 5.41) is 4.62. The van der Waals surface area contributed by atoms with Crippen molar-refractivity contribution < 1.29 is 23.7 Å². The van der Waals surface area contributed by atoms with Crippen LogP contribution in [0.5, 0.6) is 23.0 Å². The first-order valence-electron chi connectivity index (χ1n) is 13.5. The molecule has 6 rings (SSSR count). The fourth-order valence-corrected chi connectivity index (χ4v) is 5.41. The lowest BCUT2D eigenvalue weighted by molar-refractivity contribution is 0.0261. The predicted octanol–water partition coefficient (Wildman–Crippen LogP) is 5.57. The molecule has 1 N–H and O–H groups in total. The first kappa shape index (κ1) is 25.3. The van der Waals surface area contributed by atoms with E-state index in [1.165, 1.54) is 38.7 Å². The number of nitrogens with one attached hydrogen (secondary N) is 1. The van der Waals surface area contributed by atoms with Crippen molar-refractivity contribution in [1.29, 1.82) is 0 Å². The van der Waals surface area contributed by atoms with Gasteiger partial charge in [0.15, 0.2) is 11.5 Å². The molecule has 0 unspecified atom stereocenters. The minimum atomic E-state index is 0.0376. The number of anilines is 2. The van der Waals surface area contributed by atoms with Crippen LogP contribution in [0.15, 0.2) is 30.6 Å². The number of rotatable bonds is 9. The molecule has 0 atom stereocenters. The molecule has 9 nitrogen and oxygen atoms in total. The summed E-state index contributed by atoms with van der Waals surface area (Å²) in [5.74, 6) is 3.17. The Morgan fingerprint density at radius 3 is 2.79 bits per heavy atom. The fraction of sp³-hybridized carbons (Fsp3) is 0.500. The molecule has 202 valence electrons. The Hall–Kier alpha value is -3.01. The van der Waals surface area contributed by atoms with Gasteiger partial charge in [0.1, 0.15) is 35.4 Å². The van der Waals surface area contributed by atoms with Crippen LogP contribution in [0.3, 0.4) is 0 Å². The van der Waals surface area contributed by atoms with E-state index in [0.29, 0.717) is 53.6 Å². The number of halogens is 1. The Morgan fingerprint density at radius 1 is 1.05 bits per heavy atom. The van der Waals surface area contributed by atoms with Crippen LogP contribution in [-0.4, -0.2) is 67.2 Å². The van der Waals surface area contributed by atoms with E-state index in [4.69, 9.17) is 35.3 Å². The van der Waals surface area contributed by atoms with Crippen molar-refractivity contribution in [2.45, 2.75) is 44.6 Å². The topological polar surface area (TPSA) is 87.2 Å². The van der Waals surface area contributed by atoms with Gasteiger partial charge in [-0.25, -0.2) is 9.97 Å². The molecule has 2 fully saturated rings. The van der Waals surface area contributed by atoms with Crippen LogP contribution >= 0.6 is 11.6 Å². The Morgan fingerprint density at radius 2 is 1.92 bits per heavy atom. The number of fused-ring (bicyclic) bond motifs is 2. The van der Waals surface area contributed by atoms with E-state index in [9.17, 15) is 0 Å². The monoisotopic (exact) mass is 540 g/mol. The molecule has 2 saturated heterocycles. The normalized spacial score (nSPS) is 18.0. The number of aromatic nitrogens is 2. The van der Waals surface area contributed by atoms with Gasteiger partial charge in [0, 0.05) is 31.5 Å². The second kappa shape index (κ2) is 11.8. The molecular weight excluding hydrogens is 508 g/mol. The Bertz CT molecular complexity index is 1260. The van der Waals surface area contributed by atoms with Crippen LogP contribution < -0.4 is 24.3 Å². The molecular formula is C28H33ClN4O5. The highest BCUT2D eigenvalue weighted by Crippen LogP contribution is 2.46. The van der Waals surface area contributed by atoms with Gasteiger partial charge >= 0.3 is 0 Å². The summed E-state index contributed by atoms with van der Waals surface area (Å²) in [5.41, 5.74) is 1.32. The van der Waals surface area contributed by atoms with E-state index < -0.39 is 0 Å². The maximum absolute atomic E-state index is 6.55. The van der Waals surface area contributed by atoms with E-state index in [1.807, 2.05) is 12.1 Å². The van der Waals surface area contributed by atoms with Crippen molar-refractivity contribution in [2.24, 2.45) is 0 Å². The summed E-state index contributed by atoms with van der Waals surface area (Å²) < 4.78 is 29.5. The van der Waals surface area contributed by atoms with Crippen molar-refractivity contribution in [1.82, 2.24) is 14.9 Å². The second-order valence-corrected chi connectivity index (χ2v) is 10.3. The van der Waals surface area contributed by atoms with Crippen molar-refractivity contribution in [3.8, 4) is 23.0 Å². The molecule has 0 amide bonds. The first-order chi connectivity index (χ1) is 18.7. The lowest BCUT2D eigenvalue weighted by Gasteiger charge is -2.26. The number of hydrogen-bond donors (Lipinski definition) is 1. The Labute approximate surface area is 227 Å². The summed E-state index contributed by atoms with van der Waals surface area (Å²) >= 11 is 6.55. The van der Waals surface area contributed by atoms with Crippen molar-refractivity contribution in [3.05, 3.63) is 35.6 Å². The highest BCUT2D eigenvalue weighted by Gasteiger charge is 2.24. The molecule has 10 heteroatoms. The van der Waals surface area contributed by atoms with Gasteiger partial charge in [-0.1, -0.05) is 18.0 Å². The molecule has 1 aromatic heterocycles. The van der Waals surface area contributed by atoms with Crippen LogP contribution in [0, 0.1) is 0 Å². The zero-order chi connectivity index (χ0) is 25.7. The molecule has 0 saturated carbocycles. The van der Waals surface area contributed by atoms with E-state index in [-0.39, 0.29) is 12.9 Å². The number of piperidine rings is 1. The lowest BCUT2D eigenvalue weighted by Crippen LogP contribution is -2.31. The first-order valence-corrected chi connectivity index (χ1v) is 13.9. The highest BCUT2D eigenvalue weighted by atomic mass is 35.5. The van der Waals surface area contributed by atoms with Gasteiger partial charge in [-0.15, -0.1) is 0 Å². The summed E-state index contributed by atoms with van der Waals surface area (Å²) in [6.07, 6.45) is 8.12. The van der Waals surface area contributed by atoms with Gasteiger partial charge < -0.3 is 33.9 Å². The van der Waals surface area contributed by atoms with Crippen LogP contribution in [-0.2, 0) is 4.74 Å². The van der Waals surface area contributed by atoms with Gasteiger partial charge in [-0.3, -0.25) is 0 Å². The zero-order valence-electron chi connectivity index (χ0n) is 21.4. The predicted molar refractivity (Wildman–Crippen MR) is 145 cm³/mol. The van der Waals surface area contributed by atoms with Crippen LogP contribution in [0.4, 0.5) is 11.5 Å². The maximum atomic E-state index is 6.55. The molecule has 2 aromatic carbocycles. The average Bonchev–Trinajstić information content (AvgIpc) is 3.43. The molecule has 0 spiro atoms. The number of hydrogen-bond acceptors (Lipinski definition) is 9. The average molecular weight is 541 g/mol. The highest BCUT2D eigenvalue weighted by molar-refractivity contribution is 6.34. The van der Waals surface area contributed by atoms with Gasteiger partial charge in [0.25, 0.3) is 0 Å².